The molecule has 0 spiro atoms. The third-order valence-corrected chi connectivity index (χ3v) is 6.70. The quantitative estimate of drug-likeness (QED) is 0.0841. The van der Waals surface area contributed by atoms with E-state index < -0.39 is 24.1 Å². The minimum atomic E-state index is -0.630. The van der Waals surface area contributed by atoms with Crippen LogP contribution in [0.3, 0.4) is 0 Å². The van der Waals surface area contributed by atoms with Crippen LogP contribution < -0.4 is 20.1 Å². The van der Waals surface area contributed by atoms with Crippen LogP contribution in [-0.4, -0.2) is 76.9 Å². The van der Waals surface area contributed by atoms with Crippen LogP contribution in [-0.2, 0) is 34.0 Å². The van der Waals surface area contributed by atoms with Crippen molar-refractivity contribution in [3.8, 4) is 11.5 Å². The standard InChI is InChI=1S/C35H46N2O10/c1-25(2)31(38)44-19-8-7-17-36-33(40)46-23-21-42-29-13-9-27(10-14-29)35(5,6)28-11-15-30(16-12-28)43-22-24-47-34(41)37-18-20-45-32(39)26(3)4/h9-16H,1,3,7-8,17-24H2,2,4-6H3,(H,36,40)(H,37,41). The molecular weight excluding hydrogens is 608 g/mol. The van der Waals surface area contributed by atoms with Crippen LogP contribution in [0.25, 0.3) is 0 Å². The van der Waals surface area contributed by atoms with Gasteiger partial charge in [-0.25, -0.2) is 19.2 Å². The van der Waals surface area contributed by atoms with Crippen molar-refractivity contribution in [2.24, 2.45) is 0 Å². The molecule has 0 radical (unpaired) electrons. The van der Waals surface area contributed by atoms with Crippen LogP contribution in [0.1, 0.15) is 51.7 Å². The average Bonchev–Trinajstić information content (AvgIpc) is 3.05. The first-order valence-electron chi connectivity index (χ1n) is 15.3. The number of unbranched alkanes of at least 4 members (excludes halogenated alkanes) is 1. The fourth-order valence-electron chi connectivity index (χ4n) is 3.92. The first-order chi connectivity index (χ1) is 22.4. The van der Waals surface area contributed by atoms with Gasteiger partial charge in [-0.3, -0.25) is 0 Å². The first-order valence-corrected chi connectivity index (χ1v) is 15.3. The summed E-state index contributed by atoms with van der Waals surface area (Å²) < 4.78 is 31.5. The Balaban J connectivity index is 1.64. The Kier molecular flexibility index (Phi) is 16.4. The first kappa shape index (κ1) is 38.2. The summed E-state index contributed by atoms with van der Waals surface area (Å²) in [5, 5.41) is 5.14. The number of carbonyl (C=O) groups is 4. The SMILES string of the molecule is C=C(C)C(=O)OCCCCNC(=O)OCCOc1ccc(C(C)(C)c2ccc(OCCOC(=O)NCCOC(=O)C(=C)C)cc2)cc1. The molecule has 0 aromatic heterocycles. The third kappa shape index (κ3) is 14.8. The van der Waals surface area contributed by atoms with Gasteiger partial charge in [0.2, 0.25) is 0 Å². The monoisotopic (exact) mass is 654 g/mol. The zero-order chi connectivity index (χ0) is 34.7. The highest BCUT2D eigenvalue weighted by molar-refractivity contribution is 5.87. The van der Waals surface area contributed by atoms with E-state index in [1.807, 2.05) is 48.5 Å². The third-order valence-electron chi connectivity index (χ3n) is 6.70. The largest absolute Gasteiger partial charge is 0.490 e. The van der Waals surface area contributed by atoms with E-state index in [1.165, 1.54) is 0 Å². The van der Waals surface area contributed by atoms with Crippen molar-refractivity contribution >= 4 is 24.1 Å². The van der Waals surface area contributed by atoms with Gasteiger partial charge in [0, 0.05) is 23.1 Å². The smallest absolute Gasteiger partial charge is 0.407 e. The van der Waals surface area contributed by atoms with Crippen LogP contribution >= 0.6 is 0 Å². The number of hydrogen-bond acceptors (Lipinski definition) is 10. The second-order valence-electron chi connectivity index (χ2n) is 11.0. The van der Waals surface area contributed by atoms with Crippen molar-refractivity contribution in [3.05, 3.63) is 84.0 Å². The number of benzene rings is 2. The molecule has 0 aliphatic rings. The molecule has 256 valence electrons. The van der Waals surface area contributed by atoms with Gasteiger partial charge in [-0.1, -0.05) is 51.3 Å². The lowest BCUT2D eigenvalue weighted by atomic mass is 9.78. The minimum absolute atomic E-state index is 0.0252. The number of carbonyl (C=O) groups excluding carboxylic acids is 4. The van der Waals surface area contributed by atoms with Crippen LogP contribution in [0.15, 0.2) is 72.8 Å². The van der Waals surface area contributed by atoms with E-state index in [9.17, 15) is 19.2 Å². The summed E-state index contributed by atoms with van der Waals surface area (Å²) in [6.07, 6.45) is 0.103. The number of rotatable bonds is 20. The van der Waals surface area contributed by atoms with E-state index in [1.54, 1.807) is 13.8 Å². The summed E-state index contributed by atoms with van der Waals surface area (Å²) >= 11 is 0. The maximum atomic E-state index is 11.8. The van der Waals surface area contributed by atoms with Gasteiger partial charge in [-0.05, 0) is 62.1 Å². The van der Waals surface area contributed by atoms with Gasteiger partial charge in [0.1, 0.15) is 44.5 Å². The molecule has 0 fully saturated rings. The van der Waals surface area contributed by atoms with E-state index in [0.717, 1.165) is 11.1 Å². The number of hydrogen-bond donors (Lipinski definition) is 2. The Morgan fingerprint density at radius 1 is 0.574 bits per heavy atom. The summed E-state index contributed by atoms with van der Waals surface area (Å²) in [7, 11) is 0. The molecule has 2 amide bonds. The fraction of sp³-hybridized carbons (Fsp3) is 0.429. The van der Waals surface area contributed by atoms with Crippen molar-refractivity contribution in [2.75, 3.05) is 52.7 Å². The molecule has 0 saturated heterocycles. The highest BCUT2D eigenvalue weighted by Crippen LogP contribution is 2.33. The molecule has 0 saturated carbocycles. The molecule has 0 atom stereocenters. The van der Waals surface area contributed by atoms with Crippen molar-refractivity contribution < 1.29 is 47.6 Å². The van der Waals surface area contributed by atoms with E-state index in [4.69, 9.17) is 28.4 Å². The highest BCUT2D eigenvalue weighted by Gasteiger charge is 2.23. The van der Waals surface area contributed by atoms with Gasteiger partial charge >= 0.3 is 24.1 Å². The Morgan fingerprint density at radius 2 is 1.00 bits per heavy atom. The molecule has 12 heteroatoms. The summed E-state index contributed by atoms with van der Waals surface area (Å²) in [5.74, 6) is 0.365. The molecule has 2 aromatic rings. The zero-order valence-corrected chi connectivity index (χ0v) is 27.7. The lowest BCUT2D eigenvalue weighted by Gasteiger charge is -2.26. The second kappa shape index (κ2) is 20.2. The molecule has 0 aliphatic carbocycles. The molecule has 0 bridgehead atoms. The molecule has 2 rings (SSSR count). The number of nitrogens with one attached hydrogen (secondary N) is 2. The maximum absolute atomic E-state index is 11.8. The fourth-order valence-corrected chi connectivity index (χ4v) is 3.92. The Morgan fingerprint density at radius 3 is 1.45 bits per heavy atom. The van der Waals surface area contributed by atoms with Gasteiger partial charge in [0.05, 0.1) is 13.2 Å². The van der Waals surface area contributed by atoms with Crippen molar-refractivity contribution in [3.63, 3.8) is 0 Å². The van der Waals surface area contributed by atoms with Gasteiger partial charge in [0.15, 0.2) is 0 Å². The minimum Gasteiger partial charge on any atom is -0.490 e. The lowest BCUT2D eigenvalue weighted by Crippen LogP contribution is -2.29. The molecule has 0 aliphatic heterocycles. The number of esters is 2. The number of ether oxygens (including phenoxy) is 6. The van der Waals surface area contributed by atoms with Crippen LogP contribution in [0.2, 0.25) is 0 Å². The Labute approximate surface area is 276 Å². The summed E-state index contributed by atoms with van der Waals surface area (Å²) in [4.78, 5) is 46.2. The molecule has 2 aromatic carbocycles. The van der Waals surface area contributed by atoms with Gasteiger partial charge < -0.3 is 39.1 Å². The van der Waals surface area contributed by atoms with Crippen LogP contribution in [0.4, 0.5) is 9.59 Å². The van der Waals surface area contributed by atoms with E-state index in [-0.39, 0.29) is 57.2 Å². The van der Waals surface area contributed by atoms with Gasteiger partial charge in [0.25, 0.3) is 0 Å². The summed E-state index contributed by atoms with van der Waals surface area (Å²) in [6, 6.07) is 15.4. The van der Waals surface area contributed by atoms with Crippen molar-refractivity contribution in [1.29, 1.82) is 0 Å². The number of amides is 2. The Bertz CT molecular complexity index is 1340. The highest BCUT2D eigenvalue weighted by atomic mass is 16.6. The molecule has 12 nitrogen and oxygen atoms in total. The van der Waals surface area contributed by atoms with Crippen LogP contribution in [0.5, 0.6) is 11.5 Å². The molecule has 0 unspecified atom stereocenters. The van der Waals surface area contributed by atoms with Crippen molar-refractivity contribution in [2.45, 2.75) is 46.0 Å². The Hall–Kier alpha value is -5.00. The second-order valence-corrected chi connectivity index (χ2v) is 11.0. The van der Waals surface area contributed by atoms with Crippen LogP contribution in [0, 0.1) is 0 Å². The predicted molar refractivity (Wildman–Crippen MR) is 175 cm³/mol. The summed E-state index contributed by atoms with van der Waals surface area (Å²) in [5.41, 5.74) is 2.50. The van der Waals surface area contributed by atoms with E-state index in [0.29, 0.717) is 36.5 Å². The normalized spacial score (nSPS) is 10.6. The van der Waals surface area contributed by atoms with Gasteiger partial charge in [-0.2, -0.15) is 0 Å². The molecular formula is C35H46N2O10. The molecule has 0 heterocycles. The lowest BCUT2D eigenvalue weighted by molar-refractivity contribution is -0.139. The maximum Gasteiger partial charge on any atom is 0.407 e. The molecule has 2 N–H and O–H groups in total. The van der Waals surface area contributed by atoms with Gasteiger partial charge in [-0.15, -0.1) is 0 Å². The topological polar surface area (TPSA) is 148 Å². The predicted octanol–water partition coefficient (Wildman–Crippen LogP) is 5.24. The number of alkyl carbamates (subject to hydrolysis) is 2. The summed E-state index contributed by atoms with van der Waals surface area (Å²) in [6.45, 7) is 15.7. The zero-order valence-electron chi connectivity index (χ0n) is 27.7. The molecule has 47 heavy (non-hydrogen) atoms. The average molecular weight is 655 g/mol. The van der Waals surface area contributed by atoms with Crippen molar-refractivity contribution in [1.82, 2.24) is 10.6 Å². The van der Waals surface area contributed by atoms with E-state index in [2.05, 4.69) is 37.6 Å². The van der Waals surface area contributed by atoms with E-state index >= 15 is 0 Å².